The van der Waals surface area contributed by atoms with Crippen LogP contribution in [0.25, 0.3) is 0 Å². The Morgan fingerprint density at radius 1 is 1.19 bits per heavy atom. The van der Waals surface area contributed by atoms with E-state index in [1.165, 1.54) is 17.7 Å². The number of nitrogens with one attached hydrogen (secondary N) is 1. The second-order valence-corrected chi connectivity index (χ2v) is 9.72. The number of piperidine rings is 1. The van der Waals surface area contributed by atoms with Crippen LogP contribution in [0.2, 0.25) is 0 Å². The number of fused-ring (bicyclic) bond motifs is 2. The molecule has 2 fully saturated rings. The van der Waals surface area contributed by atoms with E-state index < -0.39 is 0 Å². The quantitative estimate of drug-likeness (QED) is 0.672. The molecule has 8 nitrogen and oxygen atoms in total. The first-order chi connectivity index (χ1) is 15.5. The number of hydrogen-bond donors (Lipinski definition) is 1. The van der Waals surface area contributed by atoms with Crippen molar-refractivity contribution in [1.82, 2.24) is 29.4 Å². The highest BCUT2D eigenvalue weighted by molar-refractivity contribution is 5.92. The minimum absolute atomic E-state index is 0.0397. The van der Waals surface area contributed by atoms with Gasteiger partial charge in [-0.2, -0.15) is 0 Å². The lowest BCUT2D eigenvalue weighted by Gasteiger charge is -2.22. The molecule has 2 unspecified atom stereocenters. The van der Waals surface area contributed by atoms with Crippen molar-refractivity contribution in [1.29, 1.82) is 0 Å². The summed E-state index contributed by atoms with van der Waals surface area (Å²) in [5.74, 6) is 2.76. The summed E-state index contributed by atoms with van der Waals surface area (Å²) in [5, 5.41) is 3.10. The van der Waals surface area contributed by atoms with Gasteiger partial charge in [0, 0.05) is 37.7 Å². The van der Waals surface area contributed by atoms with E-state index in [1.54, 1.807) is 6.33 Å². The van der Waals surface area contributed by atoms with Crippen molar-refractivity contribution < 1.29 is 4.79 Å². The molecular formula is C24H29N7O. The Kier molecular flexibility index (Phi) is 4.38. The second-order valence-electron chi connectivity index (χ2n) is 9.72. The van der Waals surface area contributed by atoms with Crippen molar-refractivity contribution in [3.63, 3.8) is 0 Å². The lowest BCUT2D eigenvalue weighted by Crippen LogP contribution is -2.27. The van der Waals surface area contributed by atoms with E-state index in [4.69, 9.17) is 4.98 Å². The number of anilines is 1. The topological polar surface area (TPSA) is 80.9 Å². The molecule has 8 heteroatoms. The first-order valence-corrected chi connectivity index (χ1v) is 11.5. The zero-order valence-corrected chi connectivity index (χ0v) is 18.9. The Balaban J connectivity index is 1.14. The van der Waals surface area contributed by atoms with E-state index in [0.29, 0.717) is 12.2 Å². The number of hydrogen-bond acceptors (Lipinski definition) is 5. The monoisotopic (exact) mass is 431 g/mol. The van der Waals surface area contributed by atoms with Crippen LogP contribution in [-0.2, 0) is 20.0 Å². The average Bonchev–Trinajstić information content (AvgIpc) is 3.23. The minimum atomic E-state index is -0.152. The van der Waals surface area contributed by atoms with Gasteiger partial charge < -0.3 is 19.4 Å². The molecule has 0 bridgehead atoms. The van der Waals surface area contributed by atoms with Crippen LogP contribution in [0.1, 0.15) is 57.6 Å². The molecule has 0 spiro atoms. The minimum Gasteiger partial charge on any atom is -0.356 e. The number of pyridine rings is 1. The number of carbonyl (C=O) groups is 1. The van der Waals surface area contributed by atoms with Gasteiger partial charge in [-0.3, -0.25) is 4.79 Å². The van der Waals surface area contributed by atoms with Crippen molar-refractivity contribution in [2.24, 2.45) is 18.9 Å². The van der Waals surface area contributed by atoms with E-state index in [2.05, 4.69) is 40.1 Å². The number of aromatic nitrogens is 5. The van der Waals surface area contributed by atoms with Crippen LogP contribution in [-0.4, -0.2) is 43.1 Å². The normalized spacial score (nSPS) is 23.3. The van der Waals surface area contributed by atoms with Gasteiger partial charge in [0.25, 0.3) is 5.91 Å². The summed E-state index contributed by atoms with van der Waals surface area (Å²) < 4.78 is 4.00. The van der Waals surface area contributed by atoms with Gasteiger partial charge in [0.1, 0.15) is 11.5 Å². The van der Waals surface area contributed by atoms with E-state index >= 15 is 0 Å². The summed E-state index contributed by atoms with van der Waals surface area (Å²) in [6.07, 6.45) is 8.58. The van der Waals surface area contributed by atoms with Gasteiger partial charge in [-0.1, -0.05) is 0 Å². The molecule has 3 aromatic heterocycles. The van der Waals surface area contributed by atoms with Crippen molar-refractivity contribution in [2.75, 3.05) is 18.0 Å². The molecular weight excluding hydrogens is 402 g/mol. The van der Waals surface area contributed by atoms with Crippen molar-refractivity contribution >= 4 is 11.7 Å². The fraction of sp³-hybridized carbons (Fsp3) is 0.500. The zero-order chi connectivity index (χ0) is 22.0. The SMILES string of the molecule is Cc1cc(Cn2cnc(C(=O)N[C@@H]3CCc4c3ncn4C)c2)c(C)nc1N1CC2CC2C1. The van der Waals surface area contributed by atoms with Crippen LogP contribution in [0.15, 0.2) is 24.9 Å². The Labute approximate surface area is 187 Å². The third kappa shape index (κ3) is 3.29. The lowest BCUT2D eigenvalue weighted by atomic mass is 10.1. The fourth-order valence-electron chi connectivity index (χ4n) is 5.42. The van der Waals surface area contributed by atoms with E-state index in [9.17, 15) is 4.79 Å². The summed E-state index contributed by atoms with van der Waals surface area (Å²) in [6.45, 7) is 7.18. The molecule has 1 N–H and O–H groups in total. The summed E-state index contributed by atoms with van der Waals surface area (Å²) in [7, 11) is 2.00. The maximum Gasteiger partial charge on any atom is 0.272 e. The molecule has 0 radical (unpaired) electrons. The molecule has 166 valence electrons. The fourth-order valence-corrected chi connectivity index (χ4v) is 5.42. The average molecular weight is 432 g/mol. The number of aryl methyl sites for hydroxylation is 3. The van der Waals surface area contributed by atoms with Gasteiger partial charge >= 0.3 is 0 Å². The molecule has 3 aliphatic rings. The van der Waals surface area contributed by atoms with Gasteiger partial charge in [0.2, 0.25) is 0 Å². The predicted octanol–water partition coefficient (Wildman–Crippen LogP) is 2.55. The van der Waals surface area contributed by atoms with Crippen molar-refractivity contribution in [2.45, 2.75) is 45.7 Å². The van der Waals surface area contributed by atoms with Gasteiger partial charge in [-0.15, -0.1) is 0 Å². The Morgan fingerprint density at radius 3 is 2.81 bits per heavy atom. The van der Waals surface area contributed by atoms with Crippen LogP contribution in [0.3, 0.4) is 0 Å². The summed E-state index contributed by atoms with van der Waals surface area (Å²) in [5.41, 5.74) is 6.04. The van der Waals surface area contributed by atoms with E-state index in [0.717, 1.165) is 60.5 Å². The summed E-state index contributed by atoms with van der Waals surface area (Å²) >= 11 is 0. The molecule has 32 heavy (non-hydrogen) atoms. The van der Waals surface area contributed by atoms with Gasteiger partial charge in [-0.25, -0.2) is 15.0 Å². The molecule has 3 atom stereocenters. The highest BCUT2D eigenvalue weighted by Gasteiger charge is 2.45. The highest BCUT2D eigenvalue weighted by Crippen LogP contribution is 2.46. The number of carbonyl (C=O) groups excluding carboxylic acids is 1. The number of rotatable bonds is 5. The van der Waals surface area contributed by atoms with Crippen molar-refractivity contribution in [3.05, 3.63) is 58.8 Å². The number of amides is 1. The molecule has 1 saturated carbocycles. The maximum atomic E-state index is 12.8. The maximum absolute atomic E-state index is 12.8. The molecule has 1 aliphatic heterocycles. The predicted molar refractivity (Wildman–Crippen MR) is 121 cm³/mol. The molecule has 6 rings (SSSR count). The second kappa shape index (κ2) is 7.18. The van der Waals surface area contributed by atoms with Gasteiger partial charge in [0.05, 0.1) is 30.9 Å². The zero-order valence-electron chi connectivity index (χ0n) is 18.9. The molecule has 1 amide bonds. The number of imidazole rings is 2. The Hall–Kier alpha value is -3.16. The summed E-state index contributed by atoms with van der Waals surface area (Å²) in [6, 6.07) is 2.20. The molecule has 1 saturated heterocycles. The lowest BCUT2D eigenvalue weighted by molar-refractivity contribution is 0.0931. The van der Waals surface area contributed by atoms with Gasteiger partial charge in [0.15, 0.2) is 0 Å². The largest absolute Gasteiger partial charge is 0.356 e. The van der Waals surface area contributed by atoms with Gasteiger partial charge in [-0.05, 0) is 62.1 Å². The summed E-state index contributed by atoms with van der Waals surface area (Å²) in [4.78, 5) is 29.0. The standard InChI is InChI=1S/C24H29N7O/c1-14-6-16(15(2)27-23(14)31-9-17-7-18(17)10-31)8-30-11-20(25-13-30)24(32)28-19-4-5-21-22(19)26-12-29(21)3/h6,11-13,17-19H,4-5,7-10H2,1-3H3,(H,28,32)/t17?,18?,19-/m1/s1. The highest BCUT2D eigenvalue weighted by atomic mass is 16.2. The van der Waals surface area contributed by atoms with Crippen LogP contribution in [0.4, 0.5) is 5.82 Å². The molecule has 0 aromatic carbocycles. The van der Waals surface area contributed by atoms with Crippen LogP contribution in [0, 0.1) is 25.7 Å². The smallest absolute Gasteiger partial charge is 0.272 e. The Bertz CT molecular complexity index is 1200. The third-order valence-corrected chi connectivity index (χ3v) is 7.38. The number of nitrogens with zero attached hydrogens (tertiary/aromatic N) is 6. The first kappa shape index (κ1) is 19.5. The third-order valence-electron chi connectivity index (χ3n) is 7.38. The van der Waals surface area contributed by atoms with Crippen molar-refractivity contribution in [3.8, 4) is 0 Å². The molecule has 3 aromatic rings. The van der Waals surface area contributed by atoms with E-state index in [-0.39, 0.29) is 11.9 Å². The van der Waals surface area contributed by atoms with Crippen LogP contribution in [0.5, 0.6) is 0 Å². The molecule has 4 heterocycles. The molecule has 2 aliphatic carbocycles. The van der Waals surface area contributed by atoms with Crippen LogP contribution >= 0.6 is 0 Å². The Morgan fingerprint density at radius 2 is 2.00 bits per heavy atom. The first-order valence-electron chi connectivity index (χ1n) is 11.5. The van der Waals surface area contributed by atoms with Crippen LogP contribution < -0.4 is 10.2 Å². The van der Waals surface area contributed by atoms with E-state index in [1.807, 2.05) is 28.7 Å².